The highest BCUT2D eigenvalue weighted by Gasteiger charge is 2.59. The summed E-state index contributed by atoms with van der Waals surface area (Å²) in [7, 11) is 2.65. The van der Waals surface area contributed by atoms with Gasteiger partial charge in [-0.3, -0.25) is 14.6 Å². The smallest absolute Gasteiger partial charge is 0.355 e. The minimum Gasteiger partial charge on any atom is -0.495 e. The van der Waals surface area contributed by atoms with E-state index in [1.54, 1.807) is 48.5 Å². The van der Waals surface area contributed by atoms with E-state index in [2.05, 4.69) is 5.10 Å². The quantitative estimate of drug-likeness (QED) is 0.564. The monoisotopic (exact) mass is 413 g/mol. The van der Waals surface area contributed by atoms with Crippen molar-refractivity contribution in [3.63, 3.8) is 0 Å². The van der Waals surface area contributed by atoms with Gasteiger partial charge in [-0.1, -0.05) is 23.7 Å². The van der Waals surface area contributed by atoms with E-state index in [1.165, 1.54) is 19.2 Å². The number of anilines is 2. The van der Waals surface area contributed by atoms with Crippen LogP contribution in [-0.4, -0.2) is 43.8 Å². The number of rotatable bonds is 4. The van der Waals surface area contributed by atoms with Crippen molar-refractivity contribution >= 4 is 46.5 Å². The molecule has 2 amide bonds. The molecule has 2 aliphatic heterocycles. The largest absolute Gasteiger partial charge is 0.495 e. The minimum absolute atomic E-state index is 0.122. The SMILES string of the molecule is COC(=O)C1=NN(c2ccc(Cl)cc2)[C@H]2C(=O)N(c3ccccc3OC)C(=O)[C@@H]12. The summed E-state index contributed by atoms with van der Waals surface area (Å²) in [5, 5.41) is 6.12. The average Bonchev–Trinajstić information content (AvgIpc) is 3.25. The van der Waals surface area contributed by atoms with Gasteiger partial charge in [-0.2, -0.15) is 5.10 Å². The fourth-order valence-corrected chi connectivity index (χ4v) is 3.67. The Kier molecular flexibility index (Phi) is 4.71. The molecular weight excluding hydrogens is 398 g/mol. The normalized spacial score (nSPS) is 20.6. The van der Waals surface area contributed by atoms with E-state index in [1.807, 2.05) is 0 Å². The van der Waals surface area contributed by atoms with Gasteiger partial charge in [-0.05, 0) is 36.4 Å². The number of carbonyl (C=O) groups is 3. The number of fused-ring (bicyclic) bond motifs is 1. The maximum absolute atomic E-state index is 13.3. The Hall–Kier alpha value is -3.39. The highest BCUT2D eigenvalue weighted by atomic mass is 35.5. The number of carbonyl (C=O) groups excluding carboxylic acids is 3. The van der Waals surface area contributed by atoms with Crippen molar-refractivity contribution in [1.29, 1.82) is 0 Å². The van der Waals surface area contributed by atoms with Crippen LogP contribution in [0.1, 0.15) is 0 Å². The van der Waals surface area contributed by atoms with E-state index in [0.717, 1.165) is 4.90 Å². The Balaban J connectivity index is 1.82. The predicted molar refractivity (Wildman–Crippen MR) is 106 cm³/mol. The molecule has 0 spiro atoms. The Bertz CT molecular complexity index is 1040. The first-order chi connectivity index (χ1) is 14.0. The molecule has 1 fully saturated rings. The third-order valence-electron chi connectivity index (χ3n) is 4.86. The number of benzene rings is 2. The lowest BCUT2D eigenvalue weighted by Crippen LogP contribution is -2.39. The highest BCUT2D eigenvalue weighted by molar-refractivity contribution is 6.47. The number of esters is 1. The molecular formula is C20H16ClN3O5. The molecule has 1 saturated heterocycles. The van der Waals surface area contributed by atoms with Crippen molar-refractivity contribution in [2.24, 2.45) is 11.0 Å². The first kappa shape index (κ1) is 18.9. The molecule has 9 heteroatoms. The van der Waals surface area contributed by atoms with E-state index in [4.69, 9.17) is 21.1 Å². The lowest BCUT2D eigenvalue weighted by molar-refractivity contribution is -0.133. The number of methoxy groups -OCH3 is 2. The Morgan fingerprint density at radius 2 is 1.72 bits per heavy atom. The molecule has 0 bridgehead atoms. The number of para-hydroxylation sites is 2. The van der Waals surface area contributed by atoms with Crippen LogP contribution >= 0.6 is 11.6 Å². The second-order valence-electron chi connectivity index (χ2n) is 6.40. The van der Waals surface area contributed by atoms with E-state index in [0.29, 0.717) is 22.1 Å². The summed E-state index contributed by atoms with van der Waals surface area (Å²) in [5.41, 5.74) is 0.703. The molecule has 0 radical (unpaired) electrons. The third-order valence-corrected chi connectivity index (χ3v) is 5.11. The highest BCUT2D eigenvalue weighted by Crippen LogP contribution is 2.40. The van der Waals surface area contributed by atoms with Crippen LogP contribution in [0.5, 0.6) is 5.75 Å². The van der Waals surface area contributed by atoms with Crippen molar-refractivity contribution < 1.29 is 23.9 Å². The molecule has 148 valence electrons. The number of imide groups is 1. The predicted octanol–water partition coefficient (Wildman–Crippen LogP) is 2.26. The number of ether oxygens (including phenoxy) is 2. The number of nitrogens with zero attached hydrogens (tertiary/aromatic N) is 3. The fourth-order valence-electron chi connectivity index (χ4n) is 3.55. The molecule has 2 heterocycles. The molecule has 4 rings (SSSR count). The van der Waals surface area contributed by atoms with Crippen LogP contribution in [0.2, 0.25) is 5.02 Å². The van der Waals surface area contributed by atoms with E-state index < -0.39 is 29.7 Å². The summed E-state index contributed by atoms with van der Waals surface area (Å²) in [4.78, 5) is 39.9. The van der Waals surface area contributed by atoms with Crippen molar-refractivity contribution in [3.05, 3.63) is 53.6 Å². The first-order valence-corrected chi connectivity index (χ1v) is 9.08. The average molecular weight is 414 g/mol. The Labute approximate surface area is 171 Å². The van der Waals surface area contributed by atoms with Crippen LogP contribution in [-0.2, 0) is 19.1 Å². The van der Waals surface area contributed by atoms with E-state index in [9.17, 15) is 14.4 Å². The minimum atomic E-state index is -1.09. The molecule has 29 heavy (non-hydrogen) atoms. The van der Waals surface area contributed by atoms with Crippen LogP contribution in [0.25, 0.3) is 0 Å². The Morgan fingerprint density at radius 3 is 2.38 bits per heavy atom. The molecule has 0 saturated carbocycles. The van der Waals surface area contributed by atoms with Crippen molar-refractivity contribution in [3.8, 4) is 5.75 Å². The molecule has 0 N–H and O–H groups in total. The summed E-state index contributed by atoms with van der Waals surface area (Å²) in [6.45, 7) is 0. The summed E-state index contributed by atoms with van der Waals surface area (Å²) < 4.78 is 10.1. The summed E-state index contributed by atoms with van der Waals surface area (Å²) >= 11 is 5.95. The van der Waals surface area contributed by atoms with E-state index >= 15 is 0 Å². The number of hydrogen-bond acceptors (Lipinski definition) is 7. The van der Waals surface area contributed by atoms with Gasteiger partial charge in [0, 0.05) is 5.02 Å². The van der Waals surface area contributed by atoms with Gasteiger partial charge in [0.05, 0.1) is 25.6 Å². The number of hydrogen-bond donors (Lipinski definition) is 0. The van der Waals surface area contributed by atoms with Crippen molar-refractivity contribution in [2.45, 2.75) is 6.04 Å². The maximum Gasteiger partial charge on any atom is 0.355 e. The first-order valence-electron chi connectivity index (χ1n) is 8.70. The second-order valence-corrected chi connectivity index (χ2v) is 6.84. The lowest BCUT2D eigenvalue weighted by Gasteiger charge is -2.22. The fraction of sp³-hybridized carbons (Fsp3) is 0.200. The van der Waals surface area contributed by atoms with E-state index in [-0.39, 0.29) is 5.71 Å². The molecule has 0 aliphatic carbocycles. The third kappa shape index (κ3) is 2.92. The number of hydrazone groups is 1. The Morgan fingerprint density at radius 1 is 1.03 bits per heavy atom. The standard InChI is InChI=1S/C20H16ClN3O5/c1-28-14-6-4-3-5-13(14)23-18(25)15-16(20(27)29-2)22-24(17(15)19(23)26)12-9-7-11(21)8-10-12/h3-10,15,17H,1-2H3/t15-,17+/m0/s1. The van der Waals surface area contributed by atoms with Crippen molar-refractivity contribution in [1.82, 2.24) is 0 Å². The lowest BCUT2D eigenvalue weighted by atomic mass is 9.98. The second kappa shape index (κ2) is 7.21. The van der Waals surface area contributed by atoms with Gasteiger partial charge in [0.2, 0.25) is 5.91 Å². The summed E-state index contributed by atoms with van der Waals surface area (Å²) in [6, 6.07) is 12.3. The number of halogens is 1. The van der Waals surface area contributed by atoms with Gasteiger partial charge in [-0.15, -0.1) is 0 Å². The van der Waals surface area contributed by atoms with Gasteiger partial charge in [0.25, 0.3) is 5.91 Å². The molecule has 2 aromatic rings. The van der Waals surface area contributed by atoms with Crippen LogP contribution in [0.15, 0.2) is 53.6 Å². The molecule has 2 aromatic carbocycles. The maximum atomic E-state index is 13.3. The summed E-state index contributed by atoms with van der Waals surface area (Å²) in [5.74, 6) is -2.56. The molecule has 0 unspecified atom stereocenters. The van der Waals surface area contributed by atoms with Crippen LogP contribution < -0.4 is 14.6 Å². The van der Waals surface area contributed by atoms with Crippen molar-refractivity contribution in [2.75, 3.05) is 24.1 Å². The zero-order valence-electron chi connectivity index (χ0n) is 15.5. The molecule has 2 atom stereocenters. The van der Waals surface area contributed by atoms with Crippen LogP contribution in [0, 0.1) is 5.92 Å². The van der Waals surface area contributed by atoms with Gasteiger partial charge in [0.1, 0.15) is 17.7 Å². The van der Waals surface area contributed by atoms with Crippen LogP contribution in [0.3, 0.4) is 0 Å². The molecule has 2 aliphatic rings. The number of amides is 2. The molecule has 0 aromatic heterocycles. The van der Waals surface area contributed by atoms with Gasteiger partial charge >= 0.3 is 5.97 Å². The van der Waals surface area contributed by atoms with Gasteiger partial charge < -0.3 is 9.47 Å². The topological polar surface area (TPSA) is 88.5 Å². The summed E-state index contributed by atoms with van der Waals surface area (Å²) in [6.07, 6.45) is 0. The zero-order valence-corrected chi connectivity index (χ0v) is 16.3. The van der Waals surface area contributed by atoms with Gasteiger partial charge in [0.15, 0.2) is 5.71 Å². The molecule has 8 nitrogen and oxygen atoms in total. The van der Waals surface area contributed by atoms with Gasteiger partial charge in [-0.25, -0.2) is 9.69 Å². The zero-order chi connectivity index (χ0) is 20.7. The van der Waals surface area contributed by atoms with Crippen LogP contribution in [0.4, 0.5) is 11.4 Å².